The highest BCUT2D eigenvalue weighted by Crippen LogP contribution is 2.48. The Morgan fingerprint density at radius 2 is 2.29 bits per heavy atom. The predicted molar refractivity (Wildman–Crippen MR) is 58.3 cm³/mol. The molecule has 0 amide bonds. The third-order valence-electron chi connectivity index (χ3n) is 3.46. The molecular formula is C12H16N2O3. The molecule has 0 radical (unpaired) electrons. The lowest BCUT2D eigenvalue weighted by Gasteiger charge is -2.07. The summed E-state index contributed by atoms with van der Waals surface area (Å²) in [6, 6.07) is 0. The Hall–Kier alpha value is -1.39. The quantitative estimate of drug-likeness (QED) is 0.727. The fourth-order valence-electron chi connectivity index (χ4n) is 2.01. The highest BCUT2D eigenvalue weighted by Gasteiger charge is 2.57. The number of carbonyl (C=O) groups excluding carboxylic acids is 1. The van der Waals surface area contributed by atoms with Gasteiger partial charge in [-0.25, -0.2) is 0 Å². The number of hydrogen-bond acceptors (Lipinski definition) is 5. The second kappa shape index (κ2) is 3.82. The van der Waals surface area contributed by atoms with E-state index in [-0.39, 0.29) is 5.97 Å². The van der Waals surface area contributed by atoms with Gasteiger partial charge in [-0.3, -0.25) is 4.79 Å². The van der Waals surface area contributed by atoms with Gasteiger partial charge in [0.25, 0.3) is 0 Å². The molecule has 0 aliphatic heterocycles. The summed E-state index contributed by atoms with van der Waals surface area (Å²) in [4.78, 5) is 16.2. The van der Waals surface area contributed by atoms with Gasteiger partial charge in [-0.05, 0) is 38.5 Å². The molecule has 0 unspecified atom stereocenters. The number of aromatic nitrogens is 2. The van der Waals surface area contributed by atoms with Crippen molar-refractivity contribution < 1.29 is 14.1 Å². The molecule has 17 heavy (non-hydrogen) atoms. The number of nitrogens with zero attached hydrogens (tertiary/aromatic N) is 2. The summed E-state index contributed by atoms with van der Waals surface area (Å²) in [7, 11) is 0. The highest BCUT2D eigenvalue weighted by atomic mass is 16.5. The van der Waals surface area contributed by atoms with Crippen molar-refractivity contribution in [3.8, 4) is 0 Å². The van der Waals surface area contributed by atoms with E-state index in [2.05, 4.69) is 10.1 Å². The van der Waals surface area contributed by atoms with E-state index in [1.54, 1.807) is 6.92 Å². The molecule has 5 heteroatoms. The summed E-state index contributed by atoms with van der Waals surface area (Å²) in [5, 5.41) is 3.95. The summed E-state index contributed by atoms with van der Waals surface area (Å²) < 4.78 is 10.3. The smallest absolute Gasteiger partial charge is 0.321 e. The third kappa shape index (κ3) is 1.94. The average molecular weight is 236 g/mol. The molecule has 1 aromatic rings. The van der Waals surface area contributed by atoms with Crippen LogP contribution in [0.5, 0.6) is 0 Å². The van der Waals surface area contributed by atoms with E-state index < -0.39 is 5.41 Å². The van der Waals surface area contributed by atoms with Crippen molar-refractivity contribution in [3.05, 3.63) is 11.7 Å². The standard InChI is InChI=1S/C12H16N2O3/c1-2-16-11(15)12(5-6-12)10-13-9(14-17-10)7-8-3-4-8/h8H,2-7H2,1H3. The fourth-order valence-corrected chi connectivity index (χ4v) is 2.01. The molecule has 0 spiro atoms. The van der Waals surface area contributed by atoms with E-state index in [1.165, 1.54) is 12.8 Å². The lowest BCUT2D eigenvalue weighted by atomic mass is 10.1. The van der Waals surface area contributed by atoms with E-state index in [1.807, 2.05) is 0 Å². The molecule has 1 heterocycles. The van der Waals surface area contributed by atoms with Gasteiger partial charge in [0, 0.05) is 6.42 Å². The van der Waals surface area contributed by atoms with Gasteiger partial charge in [0.15, 0.2) is 5.82 Å². The van der Waals surface area contributed by atoms with Crippen molar-refractivity contribution >= 4 is 5.97 Å². The zero-order valence-corrected chi connectivity index (χ0v) is 9.94. The Labute approximate surface area is 99.5 Å². The molecule has 0 saturated heterocycles. The first-order chi connectivity index (χ1) is 8.24. The molecule has 0 aromatic carbocycles. The van der Waals surface area contributed by atoms with E-state index in [4.69, 9.17) is 9.26 Å². The number of esters is 1. The minimum Gasteiger partial charge on any atom is -0.465 e. The second-order valence-electron chi connectivity index (χ2n) is 4.97. The number of ether oxygens (including phenoxy) is 1. The lowest BCUT2D eigenvalue weighted by Crippen LogP contribution is -2.23. The molecule has 2 fully saturated rings. The molecule has 2 saturated carbocycles. The largest absolute Gasteiger partial charge is 0.465 e. The summed E-state index contributed by atoms with van der Waals surface area (Å²) in [6.45, 7) is 2.20. The van der Waals surface area contributed by atoms with Crippen LogP contribution in [0.15, 0.2) is 4.52 Å². The normalized spacial score (nSPS) is 21.2. The van der Waals surface area contributed by atoms with Crippen LogP contribution >= 0.6 is 0 Å². The van der Waals surface area contributed by atoms with Crippen LogP contribution in [0, 0.1) is 5.92 Å². The average Bonchev–Trinajstić information content (AvgIpc) is 3.20. The van der Waals surface area contributed by atoms with E-state index >= 15 is 0 Å². The summed E-state index contributed by atoms with van der Waals surface area (Å²) in [6.07, 6.45) is 4.91. The zero-order valence-electron chi connectivity index (χ0n) is 9.94. The van der Waals surface area contributed by atoms with Crippen molar-refractivity contribution in [1.82, 2.24) is 10.1 Å². The molecule has 1 aromatic heterocycles. The van der Waals surface area contributed by atoms with Crippen LogP contribution in [-0.2, 0) is 21.4 Å². The maximum atomic E-state index is 11.8. The van der Waals surface area contributed by atoms with Crippen LogP contribution in [0.3, 0.4) is 0 Å². The lowest BCUT2D eigenvalue weighted by molar-refractivity contribution is -0.146. The van der Waals surface area contributed by atoms with Gasteiger partial charge >= 0.3 is 5.97 Å². The van der Waals surface area contributed by atoms with Crippen molar-refractivity contribution in [1.29, 1.82) is 0 Å². The molecule has 5 nitrogen and oxygen atoms in total. The number of hydrogen-bond donors (Lipinski definition) is 0. The van der Waals surface area contributed by atoms with Crippen LogP contribution in [0.1, 0.15) is 44.3 Å². The van der Waals surface area contributed by atoms with Crippen LogP contribution < -0.4 is 0 Å². The maximum absolute atomic E-state index is 11.8. The van der Waals surface area contributed by atoms with Crippen molar-refractivity contribution in [2.45, 2.75) is 44.4 Å². The van der Waals surface area contributed by atoms with Crippen molar-refractivity contribution in [2.75, 3.05) is 6.61 Å². The molecular weight excluding hydrogens is 220 g/mol. The molecule has 0 N–H and O–H groups in total. The maximum Gasteiger partial charge on any atom is 0.321 e. The Morgan fingerprint density at radius 3 is 2.88 bits per heavy atom. The second-order valence-corrected chi connectivity index (χ2v) is 4.97. The van der Waals surface area contributed by atoms with Gasteiger partial charge in [0.2, 0.25) is 5.89 Å². The van der Waals surface area contributed by atoms with Crippen LogP contribution in [-0.4, -0.2) is 22.7 Å². The molecule has 3 rings (SSSR count). The minimum atomic E-state index is -0.620. The summed E-state index contributed by atoms with van der Waals surface area (Å²) in [5.41, 5.74) is -0.620. The van der Waals surface area contributed by atoms with Gasteiger partial charge in [-0.1, -0.05) is 5.16 Å². The molecule has 0 bridgehead atoms. The van der Waals surface area contributed by atoms with E-state index in [9.17, 15) is 4.79 Å². The fraction of sp³-hybridized carbons (Fsp3) is 0.750. The highest BCUT2D eigenvalue weighted by molar-refractivity contribution is 5.85. The van der Waals surface area contributed by atoms with Gasteiger partial charge in [-0.15, -0.1) is 0 Å². The Balaban J connectivity index is 1.74. The van der Waals surface area contributed by atoms with Gasteiger partial charge in [0.1, 0.15) is 5.41 Å². The first-order valence-corrected chi connectivity index (χ1v) is 6.25. The number of rotatable bonds is 5. The van der Waals surface area contributed by atoms with Crippen LogP contribution in [0.25, 0.3) is 0 Å². The molecule has 2 aliphatic carbocycles. The number of carbonyl (C=O) groups is 1. The Kier molecular flexibility index (Phi) is 2.42. The predicted octanol–water partition coefficient (Wildman–Crippen LogP) is 1.62. The third-order valence-corrected chi connectivity index (χ3v) is 3.46. The minimum absolute atomic E-state index is 0.221. The SMILES string of the molecule is CCOC(=O)C1(c2nc(CC3CC3)no2)CC1. The summed E-state index contributed by atoms with van der Waals surface area (Å²) >= 11 is 0. The van der Waals surface area contributed by atoms with Gasteiger partial charge in [0.05, 0.1) is 6.61 Å². The summed E-state index contributed by atoms with van der Waals surface area (Å²) in [5.74, 6) is 1.68. The molecule has 0 atom stereocenters. The van der Waals surface area contributed by atoms with Gasteiger partial charge in [-0.2, -0.15) is 4.98 Å². The Morgan fingerprint density at radius 1 is 1.53 bits per heavy atom. The van der Waals surface area contributed by atoms with E-state index in [0.29, 0.717) is 12.5 Å². The van der Waals surface area contributed by atoms with Gasteiger partial charge < -0.3 is 9.26 Å². The molecule has 2 aliphatic rings. The first-order valence-electron chi connectivity index (χ1n) is 6.25. The first kappa shape index (κ1) is 10.7. The molecule has 92 valence electrons. The monoisotopic (exact) mass is 236 g/mol. The van der Waals surface area contributed by atoms with Crippen molar-refractivity contribution in [2.24, 2.45) is 5.92 Å². The van der Waals surface area contributed by atoms with E-state index in [0.717, 1.165) is 31.0 Å². The topological polar surface area (TPSA) is 65.2 Å². The van der Waals surface area contributed by atoms with Crippen LogP contribution in [0.4, 0.5) is 0 Å². The van der Waals surface area contributed by atoms with Crippen LogP contribution in [0.2, 0.25) is 0 Å². The zero-order chi connectivity index (χ0) is 11.9. The Bertz CT molecular complexity index is 433. The van der Waals surface area contributed by atoms with Crippen molar-refractivity contribution in [3.63, 3.8) is 0 Å².